The van der Waals surface area contributed by atoms with Gasteiger partial charge in [0.25, 0.3) is 0 Å². The molecule has 128 valence electrons. The van der Waals surface area contributed by atoms with Crippen LogP contribution in [0, 0.1) is 5.82 Å². The summed E-state index contributed by atoms with van der Waals surface area (Å²) in [5.41, 5.74) is -0.332. The molecule has 0 spiro atoms. The number of rotatable bonds is 5. The van der Waals surface area contributed by atoms with Gasteiger partial charge in [-0.15, -0.1) is 0 Å². The van der Waals surface area contributed by atoms with Gasteiger partial charge in [-0.3, -0.25) is 9.69 Å². The lowest BCUT2D eigenvalue weighted by Gasteiger charge is -2.17. The summed E-state index contributed by atoms with van der Waals surface area (Å²) in [5, 5.41) is 2.41. The highest BCUT2D eigenvalue weighted by molar-refractivity contribution is 5.92. The maximum Gasteiger partial charge on any atom is 0.416 e. The molecule has 2 aromatic rings. The molecule has 0 aliphatic carbocycles. The fourth-order valence-electron chi connectivity index (χ4n) is 2.19. The van der Waals surface area contributed by atoms with Crippen LogP contribution in [0.5, 0.6) is 0 Å². The van der Waals surface area contributed by atoms with E-state index >= 15 is 0 Å². The molecule has 24 heavy (non-hydrogen) atoms. The zero-order valence-corrected chi connectivity index (χ0v) is 12.9. The van der Waals surface area contributed by atoms with Crippen molar-refractivity contribution in [2.45, 2.75) is 12.7 Å². The first-order valence-corrected chi connectivity index (χ1v) is 7.15. The molecule has 0 bridgehead atoms. The maximum absolute atomic E-state index is 13.6. The van der Waals surface area contributed by atoms with E-state index in [0.29, 0.717) is 5.56 Å². The van der Waals surface area contributed by atoms with Gasteiger partial charge in [-0.2, -0.15) is 13.2 Å². The molecule has 0 unspecified atom stereocenters. The van der Waals surface area contributed by atoms with E-state index in [4.69, 9.17) is 0 Å². The summed E-state index contributed by atoms with van der Waals surface area (Å²) in [5.74, 6) is -0.851. The molecule has 0 saturated carbocycles. The number of likely N-dealkylation sites (N-methyl/N-ethyl adjacent to an activating group) is 1. The molecule has 0 aliphatic rings. The Kier molecular flexibility index (Phi) is 5.56. The number of carbonyl (C=O) groups excluding carboxylic acids is 1. The van der Waals surface area contributed by atoms with E-state index in [1.807, 2.05) is 0 Å². The highest BCUT2D eigenvalue weighted by atomic mass is 19.4. The Labute approximate surface area is 136 Å². The van der Waals surface area contributed by atoms with Crippen LogP contribution >= 0.6 is 0 Å². The Morgan fingerprint density at radius 1 is 1.12 bits per heavy atom. The molecule has 0 radical (unpaired) electrons. The second-order valence-electron chi connectivity index (χ2n) is 5.39. The van der Waals surface area contributed by atoms with Crippen molar-refractivity contribution in [3.05, 3.63) is 65.5 Å². The van der Waals surface area contributed by atoms with E-state index < -0.39 is 17.6 Å². The minimum Gasteiger partial charge on any atom is -0.325 e. The van der Waals surface area contributed by atoms with E-state index in [1.165, 1.54) is 18.2 Å². The van der Waals surface area contributed by atoms with Crippen LogP contribution in [0.3, 0.4) is 0 Å². The third-order valence-corrected chi connectivity index (χ3v) is 3.29. The molecule has 7 heteroatoms. The maximum atomic E-state index is 13.6. The molecule has 2 rings (SSSR count). The number of amides is 1. The van der Waals surface area contributed by atoms with Gasteiger partial charge in [0.1, 0.15) is 5.82 Å². The summed E-state index contributed by atoms with van der Waals surface area (Å²) in [7, 11) is 1.62. The van der Waals surface area contributed by atoms with Crippen LogP contribution in [0.15, 0.2) is 48.5 Å². The predicted octanol–water partition coefficient (Wildman–Crippen LogP) is 3.92. The van der Waals surface area contributed by atoms with Gasteiger partial charge in [-0.1, -0.05) is 24.3 Å². The number of alkyl halides is 3. The first kappa shape index (κ1) is 17.9. The van der Waals surface area contributed by atoms with Gasteiger partial charge in [0, 0.05) is 17.8 Å². The second-order valence-corrected chi connectivity index (χ2v) is 5.39. The highest BCUT2D eigenvalue weighted by Crippen LogP contribution is 2.30. The third kappa shape index (κ3) is 5.06. The molecule has 0 aliphatic heterocycles. The van der Waals surface area contributed by atoms with Gasteiger partial charge in [0.15, 0.2) is 0 Å². The fourth-order valence-corrected chi connectivity index (χ4v) is 2.19. The van der Waals surface area contributed by atoms with Crippen molar-refractivity contribution in [1.82, 2.24) is 4.90 Å². The van der Waals surface area contributed by atoms with Crippen LogP contribution < -0.4 is 5.32 Å². The average molecular weight is 340 g/mol. The summed E-state index contributed by atoms with van der Waals surface area (Å²) < 4.78 is 51.5. The van der Waals surface area contributed by atoms with Gasteiger partial charge in [0.2, 0.25) is 5.91 Å². The summed E-state index contributed by atoms with van der Waals surface area (Å²) >= 11 is 0. The number of benzene rings is 2. The van der Waals surface area contributed by atoms with Crippen LogP contribution in [0.4, 0.5) is 23.2 Å². The molecular weight excluding hydrogens is 324 g/mol. The molecule has 3 nitrogen and oxygen atoms in total. The fraction of sp³-hybridized carbons (Fsp3) is 0.235. The van der Waals surface area contributed by atoms with Crippen molar-refractivity contribution in [2.75, 3.05) is 18.9 Å². The number of carbonyl (C=O) groups is 1. The highest BCUT2D eigenvalue weighted by Gasteiger charge is 2.30. The predicted molar refractivity (Wildman–Crippen MR) is 82.8 cm³/mol. The molecule has 0 fully saturated rings. The summed E-state index contributed by atoms with van der Waals surface area (Å²) in [6.45, 7) is 0.132. The molecule has 1 amide bonds. The summed E-state index contributed by atoms with van der Waals surface area (Å²) in [6, 6.07) is 10.6. The molecule has 0 atom stereocenters. The summed E-state index contributed by atoms with van der Waals surface area (Å²) in [4.78, 5) is 13.5. The molecule has 0 saturated heterocycles. The van der Waals surface area contributed by atoms with E-state index in [2.05, 4.69) is 5.32 Å². The lowest BCUT2D eigenvalue weighted by molar-refractivity contribution is -0.137. The lowest BCUT2D eigenvalue weighted by atomic mass is 10.2. The Bertz CT molecular complexity index is 716. The van der Waals surface area contributed by atoms with E-state index in [0.717, 1.165) is 12.1 Å². The largest absolute Gasteiger partial charge is 0.416 e. The normalized spacial score (nSPS) is 11.6. The Morgan fingerprint density at radius 3 is 2.50 bits per heavy atom. The quantitative estimate of drug-likeness (QED) is 0.837. The smallest absolute Gasteiger partial charge is 0.325 e. The van der Waals surface area contributed by atoms with Gasteiger partial charge in [0.05, 0.1) is 12.1 Å². The van der Waals surface area contributed by atoms with E-state index in [1.54, 1.807) is 30.1 Å². The SMILES string of the molecule is CN(CC(=O)Nc1cccc(C(F)(F)F)c1)Cc1ccccc1F. The van der Waals surface area contributed by atoms with Crippen LogP contribution in [0.1, 0.15) is 11.1 Å². The van der Waals surface area contributed by atoms with Crippen LogP contribution in [-0.4, -0.2) is 24.4 Å². The second kappa shape index (κ2) is 7.44. The average Bonchev–Trinajstić information content (AvgIpc) is 2.49. The number of hydrogen-bond acceptors (Lipinski definition) is 2. The van der Waals surface area contributed by atoms with Crippen LogP contribution in [0.2, 0.25) is 0 Å². The minimum atomic E-state index is -4.47. The van der Waals surface area contributed by atoms with Crippen molar-refractivity contribution in [3.63, 3.8) is 0 Å². The topological polar surface area (TPSA) is 32.3 Å². The zero-order chi connectivity index (χ0) is 17.7. The van der Waals surface area contributed by atoms with Crippen molar-refractivity contribution in [2.24, 2.45) is 0 Å². The third-order valence-electron chi connectivity index (χ3n) is 3.29. The first-order chi connectivity index (χ1) is 11.3. The zero-order valence-electron chi connectivity index (χ0n) is 12.9. The molecule has 1 N–H and O–H groups in total. The van der Waals surface area contributed by atoms with Crippen LogP contribution in [0.25, 0.3) is 0 Å². The standard InChI is InChI=1S/C17H16F4N2O/c1-23(10-12-5-2-3-8-15(12)18)11-16(24)22-14-7-4-6-13(9-14)17(19,20)21/h2-9H,10-11H2,1H3,(H,22,24). The van der Waals surface area contributed by atoms with Crippen LogP contribution in [-0.2, 0) is 17.5 Å². The number of hydrogen-bond donors (Lipinski definition) is 1. The van der Waals surface area contributed by atoms with Gasteiger partial charge in [-0.05, 0) is 31.3 Å². The first-order valence-electron chi connectivity index (χ1n) is 7.15. The van der Waals surface area contributed by atoms with Gasteiger partial charge in [-0.25, -0.2) is 4.39 Å². The lowest BCUT2D eigenvalue weighted by Crippen LogP contribution is -2.30. The van der Waals surface area contributed by atoms with Crippen molar-refractivity contribution < 1.29 is 22.4 Å². The van der Waals surface area contributed by atoms with E-state index in [9.17, 15) is 22.4 Å². The van der Waals surface area contributed by atoms with Crippen molar-refractivity contribution in [1.29, 1.82) is 0 Å². The number of halogens is 4. The number of nitrogens with one attached hydrogen (secondary N) is 1. The molecular formula is C17H16F4N2O. The Balaban J connectivity index is 1.95. The minimum absolute atomic E-state index is 0.0640. The Morgan fingerprint density at radius 2 is 1.83 bits per heavy atom. The summed E-state index contributed by atoms with van der Waals surface area (Å²) in [6.07, 6.45) is -4.47. The van der Waals surface area contributed by atoms with Gasteiger partial charge < -0.3 is 5.32 Å². The molecule has 0 aromatic heterocycles. The monoisotopic (exact) mass is 340 g/mol. The Hall–Kier alpha value is -2.41. The number of anilines is 1. The molecule has 0 heterocycles. The van der Waals surface area contributed by atoms with Gasteiger partial charge >= 0.3 is 6.18 Å². The number of nitrogens with zero attached hydrogens (tertiary/aromatic N) is 1. The van der Waals surface area contributed by atoms with E-state index in [-0.39, 0.29) is 24.6 Å². The molecule has 2 aromatic carbocycles. The van der Waals surface area contributed by atoms with Crippen molar-refractivity contribution >= 4 is 11.6 Å². The van der Waals surface area contributed by atoms with Crippen molar-refractivity contribution in [3.8, 4) is 0 Å².